The van der Waals surface area contributed by atoms with Crippen LogP contribution in [-0.4, -0.2) is 48.4 Å². The first-order valence-corrected chi connectivity index (χ1v) is 10.5. The van der Waals surface area contributed by atoms with E-state index in [-0.39, 0.29) is 30.4 Å². The highest BCUT2D eigenvalue weighted by Crippen LogP contribution is 2.26. The van der Waals surface area contributed by atoms with Crippen molar-refractivity contribution in [1.29, 1.82) is 0 Å². The van der Waals surface area contributed by atoms with E-state index < -0.39 is 0 Å². The van der Waals surface area contributed by atoms with Crippen molar-refractivity contribution in [3.05, 3.63) is 70.8 Å². The zero-order valence-corrected chi connectivity index (χ0v) is 17.1. The zero-order chi connectivity index (χ0) is 21.1. The van der Waals surface area contributed by atoms with Gasteiger partial charge in [-0.1, -0.05) is 37.3 Å². The van der Waals surface area contributed by atoms with Gasteiger partial charge in [0.05, 0.1) is 23.8 Å². The lowest BCUT2D eigenvalue weighted by Crippen LogP contribution is -2.36. The second-order valence-corrected chi connectivity index (χ2v) is 7.97. The van der Waals surface area contributed by atoms with Crippen LogP contribution >= 0.6 is 0 Å². The largest absolute Gasteiger partial charge is 0.376 e. The van der Waals surface area contributed by atoms with Crippen LogP contribution in [0.3, 0.4) is 0 Å². The summed E-state index contributed by atoms with van der Waals surface area (Å²) < 4.78 is 5.56. The molecule has 0 radical (unpaired) electrons. The Balaban J connectivity index is 1.37. The molecule has 2 atom stereocenters. The van der Waals surface area contributed by atoms with Crippen molar-refractivity contribution in [2.24, 2.45) is 0 Å². The highest BCUT2D eigenvalue weighted by molar-refractivity contribution is 6.22. The summed E-state index contributed by atoms with van der Waals surface area (Å²) >= 11 is 0. The predicted molar refractivity (Wildman–Crippen MR) is 113 cm³/mol. The minimum atomic E-state index is -0.349. The smallest absolute Gasteiger partial charge is 0.261 e. The van der Waals surface area contributed by atoms with E-state index in [1.807, 2.05) is 18.2 Å². The maximum absolute atomic E-state index is 12.7. The molecule has 2 unspecified atom stereocenters. The lowest BCUT2D eigenvalue weighted by molar-refractivity contribution is 0.0475. The van der Waals surface area contributed by atoms with Gasteiger partial charge in [-0.2, -0.15) is 0 Å². The van der Waals surface area contributed by atoms with Gasteiger partial charge in [0.1, 0.15) is 0 Å². The van der Waals surface area contributed by atoms with Crippen molar-refractivity contribution in [1.82, 2.24) is 10.2 Å². The molecule has 1 N–H and O–H groups in total. The molecule has 6 heteroatoms. The van der Waals surface area contributed by atoms with Crippen LogP contribution in [0.4, 0.5) is 0 Å². The van der Waals surface area contributed by atoms with E-state index in [4.69, 9.17) is 4.74 Å². The van der Waals surface area contributed by atoms with Crippen LogP contribution in [0.25, 0.3) is 0 Å². The summed E-state index contributed by atoms with van der Waals surface area (Å²) in [6.45, 7) is 3.60. The van der Waals surface area contributed by atoms with Crippen LogP contribution in [0, 0.1) is 0 Å². The summed E-state index contributed by atoms with van der Waals surface area (Å²) in [6.07, 6.45) is 2.51. The first-order valence-electron chi connectivity index (χ1n) is 10.5. The summed E-state index contributed by atoms with van der Waals surface area (Å²) in [5.74, 6) is -0.569. The highest BCUT2D eigenvalue weighted by atomic mass is 16.5. The number of nitrogens with zero attached hydrogens (tertiary/aromatic N) is 1. The second-order valence-electron chi connectivity index (χ2n) is 7.97. The number of carbonyl (C=O) groups excluding carboxylic acids is 3. The summed E-state index contributed by atoms with van der Waals surface area (Å²) in [5.41, 5.74) is 2.27. The van der Waals surface area contributed by atoms with Crippen LogP contribution < -0.4 is 5.32 Å². The monoisotopic (exact) mass is 406 g/mol. The van der Waals surface area contributed by atoms with Crippen LogP contribution in [0.5, 0.6) is 0 Å². The molecule has 30 heavy (non-hydrogen) atoms. The fourth-order valence-electron chi connectivity index (χ4n) is 4.04. The Morgan fingerprint density at radius 3 is 2.63 bits per heavy atom. The molecule has 2 aromatic carbocycles. The molecule has 6 nitrogen and oxygen atoms in total. The van der Waals surface area contributed by atoms with Gasteiger partial charge in [-0.3, -0.25) is 19.3 Å². The summed E-state index contributed by atoms with van der Waals surface area (Å²) in [6, 6.07) is 14.9. The summed E-state index contributed by atoms with van der Waals surface area (Å²) in [7, 11) is 0. The SMILES string of the molecule is CC(CCNC(=O)c1ccc2c(c1)C(=O)N(CC1CCCO1)C2=O)c1ccccc1. The Kier molecular flexibility index (Phi) is 5.95. The van der Waals surface area contributed by atoms with E-state index >= 15 is 0 Å². The molecule has 156 valence electrons. The lowest BCUT2D eigenvalue weighted by Gasteiger charge is -2.17. The Hall–Kier alpha value is -2.99. The Labute approximate surface area is 176 Å². The van der Waals surface area contributed by atoms with Crippen molar-refractivity contribution in [3.8, 4) is 0 Å². The van der Waals surface area contributed by atoms with Gasteiger partial charge in [0.25, 0.3) is 17.7 Å². The fourth-order valence-corrected chi connectivity index (χ4v) is 4.04. The average Bonchev–Trinajstić information content (AvgIpc) is 3.37. The van der Waals surface area contributed by atoms with Crippen LogP contribution in [0.15, 0.2) is 48.5 Å². The topological polar surface area (TPSA) is 75.7 Å². The molecule has 0 aromatic heterocycles. The van der Waals surface area contributed by atoms with E-state index in [2.05, 4.69) is 24.4 Å². The first kappa shape index (κ1) is 20.3. The molecular formula is C24H26N2O4. The summed E-state index contributed by atoms with van der Waals surface area (Å²) in [5, 5.41) is 2.92. The normalized spacial score (nSPS) is 19.1. The van der Waals surface area contributed by atoms with Gasteiger partial charge in [-0.05, 0) is 48.9 Å². The quantitative estimate of drug-likeness (QED) is 0.715. The van der Waals surface area contributed by atoms with Gasteiger partial charge >= 0.3 is 0 Å². The van der Waals surface area contributed by atoms with Gasteiger partial charge in [-0.15, -0.1) is 0 Å². The van der Waals surface area contributed by atoms with Crippen molar-refractivity contribution in [2.45, 2.75) is 38.2 Å². The second kappa shape index (κ2) is 8.79. The number of hydrogen-bond donors (Lipinski definition) is 1. The molecule has 0 spiro atoms. The first-order chi connectivity index (χ1) is 14.5. The van der Waals surface area contributed by atoms with Crippen LogP contribution in [-0.2, 0) is 4.74 Å². The van der Waals surface area contributed by atoms with E-state index in [9.17, 15) is 14.4 Å². The predicted octanol–water partition coefficient (Wildman–Crippen LogP) is 3.39. The number of ether oxygens (including phenoxy) is 1. The lowest BCUT2D eigenvalue weighted by atomic mass is 9.98. The number of imide groups is 1. The number of nitrogens with one attached hydrogen (secondary N) is 1. The molecule has 2 aromatic rings. The Morgan fingerprint density at radius 2 is 1.90 bits per heavy atom. The maximum Gasteiger partial charge on any atom is 0.261 e. The third-order valence-corrected chi connectivity index (χ3v) is 5.87. The van der Waals surface area contributed by atoms with Crippen LogP contribution in [0.2, 0.25) is 0 Å². The molecule has 1 fully saturated rings. The molecule has 2 aliphatic rings. The number of fused-ring (bicyclic) bond motifs is 1. The molecule has 0 saturated carbocycles. The number of carbonyl (C=O) groups is 3. The highest BCUT2D eigenvalue weighted by Gasteiger charge is 2.37. The van der Waals surface area contributed by atoms with Crippen molar-refractivity contribution < 1.29 is 19.1 Å². The van der Waals surface area contributed by atoms with Crippen molar-refractivity contribution in [2.75, 3.05) is 19.7 Å². The standard InChI is InChI=1S/C24H26N2O4/c1-16(17-6-3-2-4-7-17)11-12-25-22(27)18-9-10-20-21(14-18)24(29)26(23(20)28)15-19-8-5-13-30-19/h2-4,6-7,9-10,14,16,19H,5,8,11-13,15H2,1H3,(H,25,27). The number of benzene rings is 2. The molecule has 1 saturated heterocycles. The van der Waals surface area contributed by atoms with E-state index in [0.29, 0.717) is 35.8 Å². The third-order valence-electron chi connectivity index (χ3n) is 5.87. The van der Waals surface area contributed by atoms with Crippen LogP contribution in [0.1, 0.15) is 68.7 Å². The number of rotatable bonds is 7. The van der Waals surface area contributed by atoms with Gasteiger partial charge in [0.15, 0.2) is 0 Å². The molecule has 2 aliphatic heterocycles. The van der Waals surface area contributed by atoms with Crippen molar-refractivity contribution in [3.63, 3.8) is 0 Å². The van der Waals surface area contributed by atoms with Gasteiger partial charge < -0.3 is 10.1 Å². The van der Waals surface area contributed by atoms with E-state index in [0.717, 1.165) is 19.3 Å². The van der Waals surface area contributed by atoms with Gasteiger partial charge in [0, 0.05) is 18.7 Å². The summed E-state index contributed by atoms with van der Waals surface area (Å²) in [4.78, 5) is 39.2. The van der Waals surface area contributed by atoms with Gasteiger partial charge in [-0.25, -0.2) is 0 Å². The molecule has 4 rings (SSSR count). The average molecular weight is 406 g/mol. The van der Waals surface area contributed by atoms with Crippen molar-refractivity contribution >= 4 is 17.7 Å². The Bertz CT molecular complexity index is 951. The zero-order valence-electron chi connectivity index (χ0n) is 17.1. The minimum Gasteiger partial charge on any atom is -0.376 e. The third kappa shape index (κ3) is 4.14. The number of amides is 3. The fraction of sp³-hybridized carbons (Fsp3) is 0.375. The molecule has 2 heterocycles. The molecule has 0 bridgehead atoms. The molecule has 0 aliphatic carbocycles. The Morgan fingerprint density at radius 1 is 1.13 bits per heavy atom. The molecular weight excluding hydrogens is 380 g/mol. The maximum atomic E-state index is 12.7. The van der Waals surface area contributed by atoms with E-state index in [1.54, 1.807) is 12.1 Å². The number of hydrogen-bond acceptors (Lipinski definition) is 4. The minimum absolute atomic E-state index is 0.0958. The van der Waals surface area contributed by atoms with E-state index in [1.165, 1.54) is 16.5 Å². The van der Waals surface area contributed by atoms with Gasteiger partial charge in [0.2, 0.25) is 0 Å². The molecule has 3 amide bonds.